The van der Waals surface area contributed by atoms with Crippen molar-refractivity contribution in [2.45, 2.75) is 0 Å². The lowest BCUT2D eigenvalue weighted by molar-refractivity contribution is 0.152. The lowest BCUT2D eigenvalue weighted by Gasteiger charge is -2.05. The van der Waals surface area contributed by atoms with Crippen LogP contribution in [0.4, 0.5) is 0 Å². The zero-order chi connectivity index (χ0) is 14.5. The Labute approximate surface area is 134 Å². The smallest absolute Gasteiger partial charge is 0.133 e. The Balaban J connectivity index is 0.00000176. The monoisotopic (exact) mass is 316 g/mol. The molecule has 0 fully saturated rings. The van der Waals surface area contributed by atoms with Gasteiger partial charge in [0.05, 0.1) is 17.4 Å². The van der Waals surface area contributed by atoms with Gasteiger partial charge in [0.15, 0.2) is 0 Å². The highest BCUT2D eigenvalue weighted by molar-refractivity contribution is 6.13. The molecular formula is C16H17ClN4O. The summed E-state index contributed by atoms with van der Waals surface area (Å²) in [5.74, 6) is 0. The molecule has 3 aromatic rings. The molecule has 22 heavy (non-hydrogen) atoms. The van der Waals surface area contributed by atoms with Gasteiger partial charge in [0.25, 0.3) is 0 Å². The number of nitrogens with two attached hydrogens (primary N) is 1. The number of nitrogens with one attached hydrogen (secondary N) is 1. The van der Waals surface area contributed by atoms with Crippen molar-refractivity contribution >= 4 is 29.0 Å². The van der Waals surface area contributed by atoms with Crippen LogP contribution in [-0.2, 0) is 4.84 Å². The predicted octanol–water partition coefficient (Wildman–Crippen LogP) is 2.71. The van der Waals surface area contributed by atoms with E-state index in [4.69, 9.17) is 10.6 Å². The molecule has 0 atom stereocenters. The number of benzene rings is 1. The number of halogens is 1. The van der Waals surface area contributed by atoms with Crippen molar-refractivity contribution in [1.82, 2.24) is 9.97 Å². The van der Waals surface area contributed by atoms with Crippen LogP contribution in [0.3, 0.4) is 0 Å². The van der Waals surface area contributed by atoms with Gasteiger partial charge in [-0.3, -0.25) is 4.98 Å². The van der Waals surface area contributed by atoms with Crippen LogP contribution in [0.25, 0.3) is 10.9 Å². The molecule has 0 radical (unpaired) electrons. The summed E-state index contributed by atoms with van der Waals surface area (Å²) < 4.78 is 0. The lowest BCUT2D eigenvalue weighted by atomic mass is 10.1. The van der Waals surface area contributed by atoms with Gasteiger partial charge in [-0.1, -0.05) is 35.5 Å². The van der Waals surface area contributed by atoms with Crippen molar-refractivity contribution in [3.63, 3.8) is 0 Å². The van der Waals surface area contributed by atoms with Crippen molar-refractivity contribution in [1.29, 1.82) is 0 Å². The van der Waals surface area contributed by atoms with Crippen LogP contribution >= 0.6 is 12.4 Å². The molecule has 0 amide bonds. The Morgan fingerprint density at radius 1 is 1.23 bits per heavy atom. The summed E-state index contributed by atoms with van der Waals surface area (Å²) in [6, 6.07) is 13.9. The first-order valence-corrected chi connectivity index (χ1v) is 6.77. The Morgan fingerprint density at radius 2 is 2.05 bits per heavy atom. The van der Waals surface area contributed by atoms with E-state index >= 15 is 0 Å². The average molecular weight is 317 g/mol. The quantitative estimate of drug-likeness (QED) is 0.431. The van der Waals surface area contributed by atoms with Gasteiger partial charge in [-0.15, -0.1) is 12.4 Å². The van der Waals surface area contributed by atoms with Gasteiger partial charge in [-0.2, -0.15) is 0 Å². The molecule has 114 valence electrons. The summed E-state index contributed by atoms with van der Waals surface area (Å²) in [7, 11) is 0. The third kappa shape index (κ3) is 3.44. The highest BCUT2D eigenvalue weighted by Crippen LogP contribution is 2.17. The fraction of sp³-hybridized carbons (Fsp3) is 0.125. The summed E-state index contributed by atoms with van der Waals surface area (Å²) in [5, 5.41) is 5.32. The molecular weight excluding hydrogens is 300 g/mol. The fourth-order valence-electron chi connectivity index (χ4n) is 2.12. The van der Waals surface area contributed by atoms with Crippen molar-refractivity contribution in [3.05, 3.63) is 66.1 Å². The summed E-state index contributed by atoms with van der Waals surface area (Å²) in [5.41, 5.74) is 9.03. The van der Waals surface area contributed by atoms with Gasteiger partial charge in [0.2, 0.25) is 0 Å². The minimum Gasteiger partial charge on any atom is -0.394 e. The van der Waals surface area contributed by atoms with E-state index in [1.807, 2.05) is 42.5 Å². The average Bonchev–Trinajstić information content (AvgIpc) is 2.96. The number of rotatable bonds is 5. The second-order valence-corrected chi connectivity index (χ2v) is 4.57. The first-order chi connectivity index (χ1) is 10.4. The number of hydrogen-bond acceptors (Lipinski definition) is 4. The Morgan fingerprint density at radius 3 is 2.77 bits per heavy atom. The van der Waals surface area contributed by atoms with Crippen LogP contribution < -0.4 is 5.73 Å². The van der Waals surface area contributed by atoms with Gasteiger partial charge < -0.3 is 15.6 Å². The van der Waals surface area contributed by atoms with E-state index in [2.05, 4.69) is 15.1 Å². The molecule has 6 heteroatoms. The standard InChI is InChI=1S/C16H16N4O.ClH/c17-7-9-21-20-16(12-4-2-1-3-5-12)14-10-13-6-8-18-11-15(13)19-14;/h1-6,8,10-11,19H,7,9,17H2;1H. The summed E-state index contributed by atoms with van der Waals surface area (Å²) in [6.07, 6.45) is 3.56. The van der Waals surface area contributed by atoms with E-state index < -0.39 is 0 Å². The van der Waals surface area contributed by atoms with Crippen LogP contribution in [0.15, 0.2) is 60.0 Å². The summed E-state index contributed by atoms with van der Waals surface area (Å²) in [6.45, 7) is 0.820. The molecule has 0 aliphatic carbocycles. The maximum absolute atomic E-state index is 5.44. The molecule has 0 saturated heterocycles. The predicted molar refractivity (Wildman–Crippen MR) is 90.4 cm³/mol. The van der Waals surface area contributed by atoms with E-state index in [0.29, 0.717) is 13.2 Å². The third-order valence-electron chi connectivity index (χ3n) is 3.09. The maximum atomic E-state index is 5.44. The number of nitrogens with zero attached hydrogens (tertiary/aromatic N) is 2. The Bertz CT molecular complexity index is 722. The fourth-order valence-corrected chi connectivity index (χ4v) is 2.12. The molecule has 0 unspecified atom stereocenters. The molecule has 2 heterocycles. The van der Waals surface area contributed by atoms with Gasteiger partial charge in [-0.25, -0.2) is 0 Å². The van der Waals surface area contributed by atoms with Crippen LogP contribution in [0.5, 0.6) is 0 Å². The van der Waals surface area contributed by atoms with Gasteiger partial charge in [0.1, 0.15) is 12.3 Å². The lowest BCUT2D eigenvalue weighted by Crippen LogP contribution is -2.09. The number of pyridine rings is 1. The summed E-state index contributed by atoms with van der Waals surface area (Å²) >= 11 is 0. The first kappa shape index (κ1) is 16.0. The molecule has 0 bridgehead atoms. The minimum absolute atomic E-state index is 0. The summed E-state index contributed by atoms with van der Waals surface area (Å²) in [4.78, 5) is 12.7. The highest BCUT2D eigenvalue weighted by Gasteiger charge is 2.11. The second-order valence-electron chi connectivity index (χ2n) is 4.57. The van der Waals surface area contributed by atoms with Gasteiger partial charge in [0, 0.05) is 23.7 Å². The molecule has 0 spiro atoms. The normalized spacial score (nSPS) is 11.2. The van der Waals surface area contributed by atoms with Crippen molar-refractivity contribution in [2.24, 2.45) is 10.9 Å². The van der Waals surface area contributed by atoms with Crippen molar-refractivity contribution in [3.8, 4) is 0 Å². The SMILES string of the molecule is Cl.NCCON=C(c1ccccc1)c1cc2ccncc2[nH]1. The van der Waals surface area contributed by atoms with Gasteiger partial charge in [-0.05, 0) is 12.1 Å². The zero-order valence-electron chi connectivity index (χ0n) is 11.9. The number of aromatic nitrogens is 2. The first-order valence-electron chi connectivity index (χ1n) is 6.77. The van der Waals surface area contributed by atoms with E-state index in [1.54, 1.807) is 12.4 Å². The topological polar surface area (TPSA) is 76.3 Å². The van der Waals surface area contributed by atoms with Crippen LogP contribution in [0.2, 0.25) is 0 Å². The number of aromatic amines is 1. The second kappa shape index (κ2) is 7.59. The molecule has 0 aliphatic heterocycles. The minimum atomic E-state index is 0. The molecule has 0 aliphatic rings. The van der Waals surface area contributed by atoms with E-state index in [-0.39, 0.29) is 12.4 Å². The largest absolute Gasteiger partial charge is 0.394 e. The molecule has 1 aromatic carbocycles. The molecule has 2 aromatic heterocycles. The van der Waals surface area contributed by atoms with Crippen molar-refractivity contribution < 1.29 is 4.84 Å². The van der Waals surface area contributed by atoms with E-state index in [0.717, 1.165) is 27.9 Å². The van der Waals surface area contributed by atoms with Gasteiger partial charge >= 0.3 is 0 Å². The number of fused-ring (bicyclic) bond motifs is 1. The molecule has 3 rings (SSSR count). The number of H-pyrrole nitrogens is 1. The molecule has 5 nitrogen and oxygen atoms in total. The Kier molecular flexibility index (Phi) is 5.52. The van der Waals surface area contributed by atoms with Crippen LogP contribution in [0, 0.1) is 0 Å². The van der Waals surface area contributed by atoms with E-state index in [9.17, 15) is 0 Å². The van der Waals surface area contributed by atoms with E-state index in [1.165, 1.54) is 0 Å². The molecule has 0 saturated carbocycles. The zero-order valence-corrected chi connectivity index (χ0v) is 12.7. The maximum Gasteiger partial charge on any atom is 0.133 e. The Hall–Kier alpha value is -2.37. The molecule has 3 N–H and O–H groups in total. The number of hydrogen-bond donors (Lipinski definition) is 2. The number of oxime groups is 1. The van der Waals surface area contributed by atoms with Crippen LogP contribution in [0.1, 0.15) is 11.3 Å². The highest BCUT2D eigenvalue weighted by atomic mass is 35.5. The third-order valence-corrected chi connectivity index (χ3v) is 3.09. The van der Waals surface area contributed by atoms with Crippen molar-refractivity contribution in [2.75, 3.05) is 13.2 Å². The van der Waals surface area contributed by atoms with Crippen LogP contribution in [-0.4, -0.2) is 28.8 Å².